The highest BCUT2D eigenvalue weighted by molar-refractivity contribution is 9.10. The molecule has 4 nitrogen and oxygen atoms in total. The molecule has 0 saturated carbocycles. The Morgan fingerprint density at radius 2 is 2.32 bits per heavy atom. The zero-order valence-corrected chi connectivity index (χ0v) is 13.1. The Balaban J connectivity index is 1.97. The van der Waals surface area contributed by atoms with Crippen LogP contribution in [0.25, 0.3) is 4.96 Å². The summed E-state index contributed by atoms with van der Waals surface area (Å²) in [7, 11) is 0. The number of rotatable bonds is 4. The minimum absolute atomic E-state index is 0.616. The van der Waals surface area contributed by atoms with Gasteiger partial charge in [-0.2, -0.15) is 0 Å². The number of aromatic nitrogens is 3. The number of fused-ring (bicyclic) bond motifs is 1. The van der Waals surface area contributed by atoms with Gasteiger partial charge in [-0.05, 0) is 46.4 Å². The second-order valence-corrected chi connectivity index (χ2v) is 6.67. The normalized spacial score (nSPS) is 11.3. The molecule has 3 aromatic rings. The molecule has 0 bridgehead atoms. The number of hydrogen-bond donors (Lipinski definition) is 1. The molecule has 0 spiro atoms. The van der Waals surface area contributed by atoms with Crippen molar-refractivity contribution < 1.29 is 0 Å². The fraction of sp³-hybridized carbons (Fsp3) is 0.167. The van der Waals surface area contributed by atoms with E-state index >= 15 is 0 Å². The predicted octanol–water partition coefficient (Wildman–Crippen LogP) is 3.21. The van der Waals surface area contributed by atoms with Crippen LogP contribution in [0.3, 0.4) is 0 Å². The van der Waals surface area contributed by atoms with Gasteiger partial charge < -0.3 is 5.73 Å². The predicted molar refractivity (Wildman–Crippen MR) is 81.9 cm³/mol. The molecule has 19 heavy (non-hydrogen) atoms. The molecule has 3 aromatic heterocycles. The fourth-order valence-corrected chi connectivity index (χ4v) is 3.70. The van der Waals surface area contributed by atoms with Crippen LogP contribution in [0.4, 0.5) is 0 Å². The van der Waals surface area contributed by atoms with Crippen molar-refractivity contribution in [2.75, 3.05) is 6.54 Å². The Kier molecular flexibility index (Phi) is 3.88. The summed E-state index contributed by atoms with van der Waals surface area (Å²) in [5.74, 6) is 0. The molecule has 2 N–H and O–H groups in total. The molecule has 0 radical (unpaired) electrons. The van der Waals surface area contributed by atoms with E-state index in [1.165, 1.54) is 0 Å². The van der Waals surface area contributed by atoms with Crippen molar-refractivity contribution in [1.82, 2.24) is 14.4 Å². The van der Waals surface area contributed by atoms with E-state index in [1.807, 2.05) is 23.7 Å². The number of halogens is 1. The van der Waals surface area contributed by atoms with Crippen LogP contribution in [0.1, 0.15) is 5.69 Å². The first-order valence-electron chi connectivity index (χ1n) is 5.72. The van der Waals surface area contributed by atoms with Crippen LogP contribution in [-0.4, -0.2) is 20.9 Å². The topological polar surface area (TPSA) is 56.2 Å². The molecule has 7 heteroatoms. The Hall–Kier alpha value is -0.890. The van der Waals surface area contributed by atoms with Gasteiger partial charge in [0, 0.05) is 28.7 Å². The van der Waals surface area contributed by atoms with Gasteiger partial charge in [0.25, 0.3) is 0 Å². The third-order valence-electron chi connectivity index (χ3n) is 2.61. The molecule has 0 amide bonds. The van der Waals surface area contributed by atoms with Crippen LogP contribution in [0.2, 0.25) is 0 Å². The number of nitrogens with two attached hydrogens (primary N) is 1. The molecule has 98 valence electrons. The third-order valence-corrected chi connectivity index (χ3v) is 4.80. The lowest BCUT2D eigenvalue weighted by Gasteiger charge is -2.02. The van der Waals surface area contributed by atoms with Gasteiger partial charge in [-0.15, -0.1) is 11.3 Å². The van der Waals surface area contributed by atoms with E-state index in [4.69, 9.17) is 5.73 Å². The maximum absolute atomic E-state index is 5.69. The van der Waals surface area contributed by atoms with Crippen LogP contribution in [0.15, 0.2) is 44.4 Å². The lowest BCUT2D eigenvalue weighted by molar-refractivity contribution is 0.878. The highest BCUT2D eigenvalue weighted by atomic mass is 79.9. The van der Waals surface area contributed by atoms with Gasteiger partial charge in [-0.1, -0.05) is 0 Å². The van der Waals surface area contributed by atoms with E-state index in [0.717, 1.165) is 31.6 Å². The van der Waals surface area contributed by atoms with Gasteiger partial charge in [-0.3, -0.25) is 4.40 Å². The van der Waals surface area contributed by atoms with Crippen molar-refractivity contribution in [3.05, 3.63) is 40.1 Å². The first-order chi connectivity index (χ1) is 9.28. The monoisotopic (exact) mass is 354 g/mol. The molecule has 3 heterocycles. The lowest BCUT2D eigenvalue weighted by Crippen LogP contribution is -2.05. The van der Waals surface area contributed by atoms with Gasteiger partial charge in [-0.25, -0.2) is 9.97 Å². The van der Waals surface area contributed by atoms with Crippen molar-refractivity contribution in [2.24, 2.45) is 5.73 Å². The molecule has 0 aliphatic rings. The Morgan fingerprint density at radius 1 is 1.42 bits per heavy atom. The molecule has 3 rings (SSSR count). The summed E-state index contributed by atoms with van der Waals surface area (Å²) >= 11 is 6.60. The number of pyridine rings is 1. The van der Waals surface area contributed by atoms with Gasteiger partial charge in [0.05, 0.1) is 5.69 Å². The molecule has 0 saturated heterocycles. The van der Waals surface area contributed by atoms with E-state index in [9.17, 15) is 0 Å². The standard InChI is InChI=1S/C12H11BrN4S2/c13-8-1-2-10(15-7-8)19-11-9(3-4-14)17-5-6-18-12(17)16-11/h1-2,5-7H,3-4,14H2. The number of hydrogen-bond acceptors (Lipinski definition) is 5. The summed E-state index contributed by atoms with van der Waals surface area (Å²) < 4.78 is 3.09. The van der Waals surface area contributed by atoms with Gasteiger partial charge in [0.15, 0.2) is 4.96 Å². The molecular weight excluding hydrogens is 344 g/mol. The third kappa shape index (κ3) is 2.69. The number of nitrogens with zero attached hydrogens (tertiary/aromatic N) is 3. The van der Waals surface area contributed by atoms with Crippen LogP contribution in [-0.2, 0) is 6.42 Å². The summed E-state index contributed by atoms with van der Waals surface area (Å²) in [5, 5.41) is 3.97. The first kappa shape index (κ1) is 13.1. The largest absolute Gasteiger partial charge is 0.330 e. The van der Waals surface area contributed by atoms with Gasteiger partial charge in [0.2, 0.25) is 0 Å². The average Bonchev–Trinajstić information content (AvgIpc) is 2.96. The molecular formula is C12H11BrN4S2. The zero-order valence-electron chi connectivity index (χ0n) is 9.91. The van der Waals surface area contributed by atoms with E-state index in [0.29, 0.717) is 6.54 Å². The molecule has 0 aromatic carbocycles. The first-order valence-corrected chi connectivity index (χ1v) is 8.21. The van der Waals surface area contributed by atoms with E-state index in [1.54, 1.807) is 29.3 Å². The second-order valence-electron chi connectivity index (χ2n) is 3.87. The molecule has 0 unspecified atom stereocenters. The Labute approximate surface area is 127 Å². The minimum Gasteiger partial charge on any atom is -0.330 e. The average molecular weight is 355 g/mol. The van der Waals surface area contributed by atoms with Crippen LogP contribution in [0.5, 0.6) is 0 Å². The number of imidazole rings is 1. The van der Waals surface area contributed by atoms with Crippen molar-refractivity contribution >= 4 is 44.0 Å². The van der Waals surface area contributed by atoms with Crippen molar-refractivity contribution in [3.8, 4) is 0 Å². The minimum atomic E-state index is 0.616. The summed E-state index contributed by atoms with van der Waals surface area (Å²) in [6.45, 7) is 0.616. The Morgan fingerprint density at radius 3 is 3.05 bits per heavy atom. The fourth-order valence-electron chi connectivity index (χ4n) is 1.78. The van der Waals surface area contributed by atoms with Crippen molar-refractivity contribution in [1.29, 1.82) is 0 Å². The van der Waals surface area contributed by atoms with E-state index < -0.39 is 0 Å². The smallest absolute Gasteiger partial charge is 0.194 e. The highest BCUT2D eigenvalue weighted by Crippen LogP contribution is 2.31. The van der Waals surface area contributed by atoms with E-state index in [2.05, 4.69) is 30.3 Å². The summed E-state index contributed by atoms with van der Waals surface area (Å²) in [5.41, 5.74) is 6.85. The molecule has 0 aliphatic carbocycles. The Bertz CT molecular complexity index is 689. The lowest BCUT2D eigenvalue weighted by atomic mass is 10.3. The van der Waals surface area contributed by atoms with E-state index in [-0.39, 0.29) is 0 Å². The number of thiazole rings is 1. The molecule has 0 atom stereocenters. The summed E-state index contributed by atoms with van der Waals surface area (Å²) in [6, 6.07) is 3.96. The van der Waals surface area contributed by atoms with Crippen molar-refractivity contribution in [2.45, 2.75) is 16.5 Å². The molecule has 0 fully saturated rings. The summed E-state index contributed by atoms with van der Waals surface area (Å²) in [6.07, 6.45) is 4.65. The van der Waals surface area contributed by atoms with Crippen LogP contribution in [0, 0.1) is 0 Å². The maximum Gasteiger partial charge on any atom is 0.194 e. The SMILES string of the molecule is NCCc1c(Sc2ccc(Br)cn2)nc2sccn12. The second kappa shape index (κ2) is 5.62. The van der Waals surface area contributed by atoms with Crippen LogP contribution >= 0.6 is 39.0 Å². The maximum atomic E-state index is 5.69. The zero-order chi connectivity index (χ0) is 13.2. The van der Waals surface area contributed by atoms with Gasteiger partial charge in [0.1, 0.15) is 10.1 Å². The van der Waals surface area contributed by atoms with Gasteiger partial charge >= 0.3 is 0 Å². The van der Waals surface area contributed by atoms with Crippen molar-refractivity contribution in [3.63, 3.8) is 0 Å². The van der Waals surface area contributed by atoms with Crippen LogP contribution < -0.4 is 5.73 Å². The highest BCUT2D eigenvalue weighted by Gasteiger charge is 2.14. The molecule has 0 aliphatic heterocycles. The quantitative estimate of drug-likeness (QED) is 0.781. The summed E-state index contributed by atoms with van der Waals surface area (Å²) in [4.78, 5) is 10.0.